The highest BCUT2D eigenvalue weighted by Gasteiger charge is 2.03. The van der Waals surface area contributed by atoms with Crippen LogP contribution in [-0.2, 0) is 13.0 Å². The zero-order valence-electron chi connectivity index (χ0n) is 8.83. The Hall–Kier alpha value is -1.06. The van der Waals surface area contributed by atoms with E-state index in [1.807, 2.05) is 32.3 Å². The largest absolute Gasteiger partial charge is 0.398 e. The fourth-order valence-corrected chi connectivity index (χ4v) is 1.37. The Morgan fingerprint density at radius 1 is 1.29 bits per heavy atom. The molecule has 0 bridgehead atoms. The summed E-state index contributed by atoms with van der Waals surface area (Å²) in [6.07, 6.45) is 0.923. The normalized spacial score (nSPS) is 10.9. The minimum Gasteiger partial charge on any atom is -0.398 e. The zero-order chi connectivity index (χ0) is 10.6. The Morgan fingerprint density at radius 3 is 2.50 bits per heavy atom. The van der Waals surface area contributed by atoms with E-state index in [0.29, 0.717) is 0 Å². The van der Waals surface area contributed by atoms with Gasteiger partial charge in [-0.05, 0) is 26.1 Å². The number of nitrogens with two attached hydrogens (primary N) is 1. The van der Waals surface area contributed by atoms with Crippen LogP contribution in [0.1, 0.15) is 11.1 Å². The molecule has 0 aliphatic heterocycles. The van der Waals surface area contributed by atoms with Gasteiger partial charge in [0, 0.05) is 17.8 Å². The lowest BCUT2D eigenvalue weighted by Crippen LogP contribution is -2.16. The molecule has 1 aromatic rings. The summed E-state index contributed by atoms with van der Waals surface area (Å²) in [4.78, 5) is 2.12. The fourth-order valence-electron chi connectivity index (χ4n) is 1.37. The molecule has 0 aliphatic rings. The second-order valence-electron chi connectivity index (χ2n) is 3.70. The number of hydrogen-bond donors (Lipinski definition) is 2. The quantitative estimate of drug-likeness (QED) is 0.699. The van der Waals surface area contributed by atoms with Gasteiger partial charge in [-0.25, -0.2) is 0 Å². The lowest BCUT2D eigenvalue weighted by atomic mass is 10.1. The molecular weight excluding hydrogens is 176 g/mol. The summed E-state index contributed by atoms with van der Waals surface area (Å²) >= 11 is 0. The molecule has 0 saturated carbocycles. The van der Waals surface area contributed by atoms with Crippen LogP contribution in [0.15, 0.2) is 18.2 Å². The van der Waals surface area contributed by atoms with Gasteiger partial charge in [-0.15, -0.1) is 0 Å². The van der Waals surface area contributed by atoms with Gasteiger partial charge in [0.05, 0.1) is 6.61 Å². The van der Waals surface area contributed by atoms with Crippen LogP contribution in [0.5, 0.6) is 0 Å². The SMILES string of the molecule is CN(C)CCc1cccc(CO)c1N. The van der Waals surface area contributed by atoms with Gasteiger partial charge in [0.2, 0.25) is 0 Å². The van der Waals surface area contributed by atoms with Crippen molar-refractivity contribution in [3.05, 3.63) is 29.3 Å². The third-order valence-electron chi connectivity index (χ3n) is 2.29. The minimum atomic E-state index is 0.0155. The Bertz CT molecular complexity index is 297. The molecule has 0 atom stereocenters. The van der Waals surface area contributed by atoms with E-state index in [4.69, 9.17) is 10.8 Å². The maximum atomic E-state index is 9.03. The first kappa shape index (κ1) is 11.0. The molecule has 0 radical (unpaired) electrons. The Morgan fingerprint density at radius 2 is 1.93 bits per heavy atom. The molecule has 1 aromatic carbocycles. The molecule has 0 unspecified atom stereocenters. The van der Waals surface area contributed by atoms with E-state index in [1.165, 1.54) is 0 Å². The van der Waals surface area contributed by atoms with Crippen LogP contribution < -0.4 is 5.73 Å². The maximum Gasteiger partial charge on any atom is 0.0702 e. The molecule has 3 nitrogen and oxygen atoms in total. The first-order valence-electron chi connectivity index (χ1n) is 4.77. The number of hydrogen-bond acceptors (Lipinski definition) is 3. The topological polar surface area (TPSA) is 49.5 Å². The average molecular weight is 194 g/mol. The number of anilines is 1. The molecule has 0 fully saturated rings. The Kier molecular flexibility index (Phi) is 3.92. The predicted octanol–water partition coefficient (Wildman–Crippen LogP) is 0.865. The molecule has 3 heteroatoms. The summed E-state index contributed by atoms with van der Waals surface area (Å²) in [5.74, 6) is 0. The number of para-hydroxylation sites is 1. The minimum absolute atomic E-state index is 0.0155. The van der Waals surface area contributed by atoms with Gasteiger partial charge in [-0.1, -0.05) is 18.2 Å². The first-order valence-corrected chi connectivity index (χ1v) is 4.77. The zero-order valence-corrected chi connectivity index (χ0v) is 8.83. The van der Waals surface area contributed by atoms with Crippen molar-refractivity contribution in [3.63, 3.8) is 0 Å². The van der Waals surface area contributed by atoms with Gasteiger partial charge in [-0.2, -0.15) is 0 Å². The van der Waals surface area contributed by atoms with Gasteiger partial charge in [0.25, 0.3) is 0 Å². The van der Waals surface area contributed by atoms with Crippen molar-refractivity contribution < 1.29 is 5.11 Å². The smallest absolute Gasteiger partial charge is 0.0702 e. The van der Waals surface area contributed by atoms with Gasteiger partial charge in [0.1, 0.15) is 0 Å². The van der Waals surface area contributed by atoms with Crippen molar-refractivity contribution in [1.29, 1.82) is 0 Å². The van der Waals surface area contributed by atoms with Crippen molar-refractivity contribution in [1.82, 2.24) is 4.90 Å². The second-order valence-corrected chi connectivity index (χ2v) is 3.70. The number of rotatable bonds is 4. The molecule has 0 amide bonds. The van der Waals surface area contributed by atoms with E-state index in [-0.39, 0.29) is 6.61 Å². The molecule has 0 aromatic heterocycles. The van der Waals surface area contributed by atoms with Crippen LogP contribution in [0.3, 0.4) is 0 Å². The maximum absolute atomic E-state index is 9.03. The van der Waals surface area contributed by atoms with Crippen molar-refractivity contribution >= 4 is 5.69 Å². The molecule has 3 N–H and O–H groups in total. The third-order valence-corrected chi connectivity index (χ3v) is 2.29. The van der Waals surface area contributed by atoms with Crippen LogP contribution in [0, 0.1) is 0 Å². The molecule has 0 saturated heterocycles. The number of nitrogens with zero attached hydrogens (tertiary/aromatic N) is 1. The third kappa shape index (κ3) is 2.72. The van der Waals surface area contributed by atoms with Gasteiger partial charge >= 0.3 is 0 Å². The van der Waals surface area contributed by atoms with Crippen molar-refractivity contribution in [2.75, 3.05) is 26.4 Å². The number of likely N-dealkylation sites (N-methyl/N-ethyl adjacent to an activating group) is 1. The van der Waals surface area contributed by atoms with E-state index < -0.39 is 0 Å². The van der Waals surface area contributed by atoms with E-state index >= 15 is 0 Å². The molecule has 14 heavy (non-hydrogen) atoms. The molecular formula is C11H18N2O. The summed E-state index contributed by atoms with van der Waals surface area (Å²) in [5, 5.41) is 9.03. The number of aliphatic hydroxyl groups is 1. The highest BCUT2D eigenvalue weighted by atomic mass is 16.3. The summed E-state index contributed by atoms with van der Waals surface area (Å²) in [5.41, 5.74) is 8.57. The van der Waals surface area contributed by atoms with E-state index in [0.717, 1.165) is 29.8 Å². The first-order chi connectivity index (χ1) is 6.65. The summed E-state index contributed by atoms with van der Waals surface area (Å²) in [6.45, 7) is 0.987. The monoisotopic (exact) mass is 194 g/mol. The fraction of sp³-hybridized carbons (Fsp3) is 0.455. The number of nitrogen functional groups attached to an aromatic ring is 1. The average Bonchev–Trinajstić information content (AvgIpc) is 2.16. The Labute approximate surface area is 85.2 Å². The molecule has 0 heterocycles. The molecule has 0 aliphatic carbocycles. The van der Waals surface area contributed by atoms with Crippen molar-refractivity contribution in [2.24, 2.45) is 0 Å². The summed E-state index contributed by atoms with van der Waals surface area (Å²) < 4.78 is 0. The van der Waals surface area contributed by atoms with Gasteiger partial charge in [-0.3, -0.25) is 0 Å². The summed E-state index contributed by atoms with van der Waals surface area (Å²) in [7, 11) is 4.07. The Balaban J connectivity index is 2.76. The second kappa shape index (κ2) is 4.98. The molecule has 0 spiro atoms. The summed E-state index contributed by atoms with van der Waals surface area (Å²) in [6, 6.07) is 5.80. The van der Waals surface area contributed by atoms with Crippen LogP contribution in [0.25, 0.3) is 0 Å². The van der Waals surface area contributed by atoms with E-state index in [1.54, 1.807) is 0 Å². The van der Waals surface area contributed by atoms with E-state index in [2.05, 4.69) is 4.90 Å². The predicted molar refractivity (Wildman–Crippen MR) is 59.0 cm³/mol. The van der Waals surface area contributed by atoms with Gasteiger partial charge in [0.15, 0.2) is 0 Å². The van der Waals surface area contributed by atoms with Crippen LogP contribution in [-0.4, -0.2) is 30.6 Å². The van der Waals surface area contributed by atoms with Crippen molar-refractivity contribution in [3.8, 4) is 0 Å². The highest BCUT2D eigenvalue weighted by Crippen LogP contribution is 2.17. The molecule has 78 valence electrons. The lowest BCUT2D eigenvalue weighted by molar-refractivity contribution is 0.282. The van der Waals surface area contributed by atoms with Gasteiger partial charge < -0.3 is 15.7 Å². The van der Waals surface area contributed by atoms with Crippen LogP contribution in [0.4, 0.5) is 5.69 Å². The van der Waals surface area contributed by atoms with Crippen molar-refractivity contribution in [2.45, 2.75) is 13.0 Å². The van der Waals surface area contributed by atoms with E-state index in [9.17, 15) is 0 Å². The number of benzene rings is 1. The number of aliphatic hydroxyl groups excluding tert-OH is 1. The highest BCUT2D eigenvalue weighted by molar-refractivity contribution is 5.53. The molecule has 1 rings (SSSR count). The lowest BCUT2D eigenvalue weighted by Gasteiger charge is -2.12. The standard InChI is InChI=1S/C11H18N2O/c1-13(2)7-6-9-4-3-5-10(8-14)11(9)12/h3-5,14H,6-8,12H2,1-2H3. The van der Waals surface area contributed by atoms with Crippen LogP contribution in [0.2, 0.25) is 0 Å². The van der Waals surface area contributed by atoms with Crippen LogP contribution >= 0.6 is 0 Å².